The number of fused-ring (bicyclic) bond motifs is 10. The van der Waals surface area contributed by atoms with E-state index in [1.807, 2.05) is 6.07 Å². The van der Waals surface area contributed by atoms with Crippen LogP contribution in [0, 0.1) is 0 Å². The van der Waals surface area contributed by atoms with Gasteiger partial charge in [-0.1, -0.05) is 140 Å². The Kier molecular flexibility index (Phi) is 7.57. The summed E-state index contributed by atoms with van der Waals surface area (Å²) in [4.78, 5) is 2.38. The zero-order valence-corrected chi connectivity index (χ0v) is 33.6. The van der Waals surface area contributed by atoms with E-state index < -0.39 is 0 Å². The van der Waals surface area contributed by atoms with E-state index in [0.717, 1.165) is 55.8 Å². The highest BCUT2D eigenvalue weighted by Crippen LogP contribution is 2.47. The van der Waals surface area contributed by atoms with Gasteiger partial charge in [0.15, 0.2) is 5.58 Å². The van der Waals surface area contributed by atoms with Crippen molar-refractivity contribution in [3.05, 3.63) is 224 Å². The van der Waals surface area contributed by atoms with Crippen LogP contribution in [0.1, 0.15) is 0 Å². The average molecular weight is 792 g/mol. The van der Waals surface area contributed by atoms with Crippen LogP contribution in [0.15, 0.2) is 229 Å². The minimum atomic E-state index is 0.855. The smallest absolute Gasteiger partial charge is 0.159 e. The Balaban J connectivity index is 1.01. The summed E-state index contributed by atoms with van der Waals surface area (Å²) in [6.07, 6.45) is 0. The fraction of sp³-hybridized carbons (Fsp3) is 0. The van der Waals surface area contributed by atoms with Crippen LogP contribution in [0.3, 0.4) is 0 Å². The molecule has 4 heteroatoms. The lowest BCUT2D eigenvalue weighted by Crippen LogP contribution is -2.11. The Morgan fingerprint density at radius 1 is 0.323 bits per heavy atom. The first kappa shape index (κ1) is 34.5. The third-order valence-corrected chi connectivity index (χ3v) is 12.7. The molecule has 0 saturated heterocycles. The summed E-state index contributed by atoms with van der Waals surface area (Å²) in [5, 5.41) is 9.50. The number of para-hydroxylation sites is 6. The normalized spacial score (nSPS) is 11.9. The van der Waals surface area contributed by atoms with Crippen molar-refractivity contribution in [2.75, 3.05) is 4.90 Å². The Bertz CT molecular complexity index is 3820. The third-order valence-electron chi connectivity index (χ3n) is 12.7. The number of nitrogens with zero attached hydrogens (tertiary/aromatic N) is 3. The van der Waals surface area contributed by atoms with Crippen molar-refractivity contribution >= 4 is 93.4 Å². The van der Waals surface area contributed by atoms with Gasteiger partial charge < -0.3 is 18.5 Å². The summed E-state index contributed by atoms with van der Waals surface area (Å²) in [7, 11) is 0. The molecule has 0 aliphatic carbocycles. The molecule has 3 heterocycles. The van der Waals surface area contributed by atoms with Crippen LogP contribution in [-0.2, 0) is 0 Å². The largest absolute Gasteiger partial charge is 0.454 e. The predicted octanol–water partition coefficient (Wildman–Crippen LogP) is 16.1. The molecule has 0 aliphatic heterocycles. The number of anilines is 3. The molecule has 0 amide bonds. The highest BCUT2D eigenvalue weighted by Gasteiger charge is 2.23. The van der Waals surface area contributed by atoms with Crippen LogP contribution in [-0.4, -0.2) is 9.13 Å². The lowest BCUT2D eigenvalue weighted by Gasteiger charge is -2.28. The topological polar surface area (TPSA) is 26.2 Å². The fourth-order valence-corrected chi connectivity index (χ4v) is 9.99. The average Bonchev–Trinajstić information content (AvgIpc) is 4.00. The van der Waals surface area contributed by atoms with E-state index in [0.29, 0.717) is 0 Å². The molecule has 0 aliphatic rings. The van der Waals surface area contributed by atoms with Crippen molar-refractivity contribution in [1.82, 2.24) is 9.13 Å². The molecule has 13 aromatic rings. The van der Waals surface area contributed by atoms with E-state index in [9.17, 15) is 0 Å². The second kappa shape index (κ2) is 13.6. The van der Waals surface area contributed by atoms with E-state index >= 15 is 0 Å². The van der Waals surface area contributed by atoms with Gasteiger partial charge in [0.1, 0.15) is 5.58 Å². The van der Waals surface area contributed by atoms with Crippen molar-refractivity contribution in [3.8, 4) is 22.5 Å². The summed E-state index contributed by atoms with van der Waals surface area (Å²) in [6.45, 7) is 0. The first-order valence-electron chi connectivity index (χ1n) is 21.2. The van der Waals surface area contributed by atoms with Gasteiger partial charge in [-0.25, -0.2) is 0 Å². The number of rotatable bonds is 6. The predicted molar refractivity (Wildman–Crippen MR) is 260 cm³/mol. The SMILES string of the molecule is c1ccc(-n2c3ccccc3c3cc(-c4ccc(N(c5ccc(-n6c7ccccc7c7ccccc76)cc5)c5cccc6c5oc5ccccc56)c5ccccc45)ccc32)cc1. The number of hydrogen-bond donors (Lipinski definition) is 0. The maximum absolute atomic E-state index is 6.75. The molecule has 0 saturated carbocycles. The van der Waals surface area contributed by atoms with Gasteiger partial charge in [0.05, 0.1) is 33.4 Å². The Hall–Kier alpha value is -8.34. The Morgan fingerprint density at radius 2 is 0.855 bits per heavy atom. The zero-order chi connectivity index (χ0) is 40.7. The molecule has 13 rings (SSSR count). The minimum Gasteiger partial charge on any atom is -0.454 e. The molecular formula is C58H37N3O. The van der Waals surface area contributed by atoms with Gasteiger partial charge in [0.2, 0.25) is 0 Å². The molecule has 0 atom stereocenters. The van der Waals surface area contributed by atoms with Crippen molar-refractivity contribution in [3.63, 3.8) is 0 Å². The van der Waals surface area contributed by atoms with Gasteiger partial charge in [0, 0.05) is 54.8 Å². The quantitative estimate of drug-likeness (QED) is 0.168. The molecule has 0 fully saturated rings. The minimum absolute atomic E-state index is 0.855. The Labute approximate surface area is 357 Å². The number of benzene rings is 10. The van der Waals surface area contributed by atoms with E-state index in [-0.39, 0.29) is 0 Å². The van der Waals surface area contributed by atoms with Crippen LogP contribution in [0.4, 0.5) is 17.1 Å². The van der Waals surface area contributed by atoms with Crippen LogP contribution >= 0.6 is 0 Å². The molecule has 62 heavy (non-hydrogen) atoms. The summed E-state index contributed by atoms with van der Waals surface area (Å²) in [6, 6.07) is 80.9. The van der Waals surface area contributed by atoms with E-state index in [1.165, 1.54) is 60.1 Å². The van der Waals surface area contributed by atoms with Crippen molar-refractivity contribution in [1.29, 1.82) is 0 Å². The number of aromatic nitrogens is 2. The lowest BCUT2D eigenvalue weighted by molar-refractivity contribution is 0.669. The molecule has 0 radical (unpaired) electrons. The maximum Gasteiger partial charge on any atom is 0.159 e. The maximum atomic E-state index is 6.75. The summed E-state index contributed by atoms with van der Waals surface area (Å²) in [5.41, 5.74) is 14.2. The molecule has 3 aromatic heterocycles. The third kappa shape index (κ3) is 5.14. The second-order valence-corrected chi connectivity index (χ2v) is 16.1. The summed E-state index contributed by atoms with van der Waals surface area (Å²) in [5.74, 6) is 0. The van der Waals surface area contributed by atoms with Crippen molar-refractivity contribution < 1.29 is 4.42 Å². The molecule has 0 bridgehead atoms. The lowest BCUT2D eigenvalue weighted by atomic mass is 9.95. The molecule has 10 aromatic carbocycles. The van der Waals surface area contributed by atoms with Gasteiger partial charge in [-0.15, -0.1) is 0 Å². The van der Waals surface area contributed by atoms with Crippen LogP contribution in [0.2, 0.25) is 0 Å². The second-order valence-electron chi connectivity index (χ2n) is 16.1. The summed E-state index contributed by atoms with van der Waals surface area (Å²) >= 11 is 0. The number of furan rings is 1. The van der Waals surface area contributed by atoms with Gasteiger partial charge >= 0.3 is 0 Å². The molecule has 0 N–H and O–H groups in total. The van der Waals surface area contributed by atoms with E-state index in [1.54, 1.807) is 0 Å². The van der Waals surface area contributed by atoms with E-state index in [4.69, 9.17) is 4.42 Å². The van der Waals surface area contributed by atoms with Crippen LogP contribution < -0.4 is 4.90 Å². The van der Waals surface area contributed by atoms with Gasteiger partial charge in [-0.05, 0) is 101 Å². The highest BCUT2D eigenvalue weighted by molar-refractivity contribution is 6.15. The van der Waals surface area contributed by atoms with Crippen molar-refractivity contribution in [2.45, 2.75) is 0 Å². The molecular weight excluding hydrogens is 755 g/mol. The Morgan fingerprint density at radius 3 is 1.55 bits per heavy atom. The summed E-state index contributed by atoms with van der Waals surface area (Å²) < 4.78 is 11.5. The number of hydrogen-bond acceptors (Lipinski definition) is 2. The van der Waals surface area contributed by atoms with E-state index in [2.05, 4.69) is 232 Å². The van der Waals surface area contributed by atoms with Gasteiger partial charge in [-0.3, -0.25) is 0 Å². The van der Waals surface area contributed by atoms with Crippen molar-refractivity contribution in [2.24, 2.45) is 0 Å². The molecule has 290 valence electrons. The molecule has 0 unspecified atom stereocenters. The zero-order valence-electron chi connectivity index (χ0n) is 33.6. The fourth-order valence-electron chi connectivity index (χ4n) is 9.99. The van der Waals surface area contributed by atoms with Gasteiger partial charge in [-0.2, -0.15) is 0 Å². The highest BCUT2D eigenvalue weighted by atomic mass is 16.3. The van der Waals surface area contributed by atoms with Crippen LogP contribution in [0.5, 0.6) is 0 Å². The first-order valence-corrected chi connectivity index (χ1v) is 21.2. The first-order chi connectivity index (χ1) is 30.8. The van der Waals surface area contributed by atoms with Gasteiger partial charge in [0.25, 0.3) is 0 Å². The molecule has 0 spiro atoms. The van der Waals surface area contributed by atoms with Crippen LogP contribution in [0.25, 0.3) is 98.8 Å². The monoisotopic (exact) mass is 791 g/mol. The standard InChI is InChI=1S/C58H37N3O/c1-2-15-39(16-3-1)59-53-26-12-8-21-47(53)50-37-38(29-35-55(50)59)42-34-36-54(44-18-5-4-17-43(42)44)61(56-27-14-23-49-48-22-9-13-28-57(48)62-58(49)56)41-32-30-40(31-33-41)60-51-24-10-6-19-45(51)46-20-7-11-25-52(46)60/h1-37H. The molecule has 4 nitrogen and oxygen atoms in total.